The van der Waals surface area contributed by atoms with Crippen LogP contribution in [-0.2, 0) is 23.3 Å². The maximum atomic E-state index is 6.54. The monoisotopic (exact) mass is 221 g/mol. The van der Waals surface area contributed by atoms with E-state index in [0.717, 1.165) is 5.69 Å². The van der Waals surface area contributed by atoms with Crippen LogP contribution in [0.15, 0.2) is 6.07 Å². The van der Waals surface area contributed by atoms with Gasteiger partial charge in [-0.2, -0.15) is 0 Å². The molecule has 0 atom stereocenters. The number of nitrogen functional groups attached to an aromatic ring is 1. The van der Waals surface area contributed by atoms with Crippen LogP contribution in [0.1, 0.15) is 35.1 Å². The van der Waals surface area contributed by atoms with Crippen molar-refractivity contribution in [3.63, 3.8) is 0 Å². The highest BCUT2D eigenvalue weighted by atomic mass is 14.6. The molecule has 0 radical (unpaired) electrons. The zero-order chi connectivity index (χ0) is 12.4. The van der Waals surface area contributed by atoms with E-state index in [1.54, 1.807) is 0 Å². The van der Waals surface area contributed by atoms with Gasteiger partial charge in [-0.3, -0.25) is 0 Å². The van der Waals surface area contributed by atoms with Crippen LogP contribution in [0.5, 0.6) is 0 Å². The zero-order valence-corrected chi connectivity index (χ0v) is 11.5. The summed E-state index contributed by atoms with van der Waals surface area (Å²) in [4.78, 5) is 0. The van der Waals surface area contributed by atoms with E-state index in [-0.39, 0.29) is 10.4 Å². The molecule has 3 rings (SSSR count). The van der Waals surface area contributed by atoms with Crippen LogP contribution < -0.4 is 5.73 Å². The van der Waals surface area contributed by atoms with Crippen LogP contribution in [0.4, 0.5) is 5.69 Å². The van der Waals surface area contributed by atoms with Gasteiger partial charge in [0.15, 0.2) is 0 Å². The van der Waals surface area contributed by atoms with Gasteiger partial charge in [0.05, 0.1) is 0 Å². The van der Waals surface area contributed by atoms with Gasteiger partial charge in [0.25, 0.3) is 0 Å². The molecule has 0 spiro atoms. The number of anilines is 1. The molecule has 0 unspecified atom stereocenters. The summed E-state index contributed by atoms with van der Waals surface area (Å²) in [6.45, 7) is 0. The number of hydrogen-bond donors (Lipinski definition) is 1. The topological polar surface area (TPSA) is 26.0 Å². The van der Waals surface area contributed by atoms with E-state index in [1.807, 2.05) is 0 Å². The van der Waals surface area contributed by atoms with Crippen LogP contribution in [0.25, 0.3) is 0 Å². The molecule has 5 heteroatoms. The van der Waals surface area contributed by atoms with Crippen molar-refractivity contribution in [2.24, 2.45) is 0 Å². The highest BCUT2D eigenvalue weighted by Gasteiger charge is 2.38. The molecule has 2 aliphatic rings. The quantitative estimate of drug-likeness (QED) is 0.397. The highest BCUT2D eigenvalue weighted by Crippen LogP contribution is 2.46. The van der Waals surface area contributed by atoms with Crippen molar-refractivity contribution < 1.29 is 0 Å². The lowest BCUT2D eigenvalue weighted by Gasteiger charge is -2.27. The van der Waals surface area contributed by atoms with Gasteiger partial charge < -0.3 is 5.73 Å². The van der Waals surface area contributed by atoms with Gasteiger partial charge in [-0.15, -0.1) is 0 Å². The predicted molar refractivity (Wildman–Crippen MR) is 85.0 cm³/mol. The molecule has 1 aromatic rings. The van der Waals surface area contributed by atoms with Gasteiger partial charge in [-0.1, -0.05) is 29.3 Å². The second-order valence-corrected chi connectivity index (χ2v) is 7.13. The van der Waals surface area contributed by atoms with E-state index in [4.69, 9.17) is 5.73 Å². The summed E-state index contributed by atoms with van der Waals surface area (Å²) in [6.07, 6.45) is 4.91. The van der Waals surface area contributed by atoms with Gasteiger partial charge in [0.1, 0.15) is 31.4 Å². The lowest BCUT2D eigenvalue weighted by Crippen LogP contribution is -2.29. The number of benzene rings is 1. The second kappa shape index (κ2) is 3.18. The summed E-state index contributed by atoms with van der Waals surface area (Å²) in [5.41, 5.74) is 13.6. The smallest absolute Gasteiger partial charge is 0.105 e. The summed E-state index contributed by atoms with van der Waals surface area (Å²) < 4.78 is 0. The van der Waals surface area contributed by atoms with Crippen molar-refractivity contribution in [1.29, 1.82) is 0 Å². The van der Waals surface area contributed by atoms with E-state index in [0.29, 0.717) is 0 Å². The van der Waals surface area contributed by atoms with E-state index in [1.165, 1.54) is 47.9 Å². The van der Waals surface area contributed by atoms with Crippen molar-refractivity contribution in [3.8, 4) is 0 Å². The van der Waals surface area contributed by atoms with Gasteiger partial charge in [0, 0.05) is 5.69 Å². The predicted octanol–water partition coefficient (Wildman–Crippen LogP) is -2.00. The molecule has 1 aromatic carbocycles. The molecule has 0 heterocycles. The molecule has 1 nitrogen and oxygen atoms in total. The van der Waals surface area contributed by atoms with Crippen LogP contribution in [0.2, 0.25) is 0 Å². The highest BCUT2D eigenvalue weighted by molar-refractivity contribution is 6.42. The Hall–Kier alpha value is -0.720. The first kappa shape index (κ1) is 11.4. The minimum Gasteiger partial charge on any atom is -0.398 e. The third-order valence-electron chi connectivity index (χ3n) is 4.92. The minimum atomic E-state index is 0.271. The van der Waals surface area contributed by atoms with Gasteiger partial charge in [-0.05, 0) is 35.1 Å². The number of nitrogens with two attached hydrogens (primary N) is 1. The molecule has 0 aromatic heterocycles. The largest absolute Gasteiger partial charge is 0.398 e. The summed E-state index contributed by atoms with van der Waals surface area (Å²) in [5.74, 6) is 0. The van der Waals surface area contributed by atoms with Crippen molar-refractivity contribution in [1.82, 2.24) is 0 Å². The molecule has 17 heavy (non-hydrogen) atoms. The lowest BCUT2D eigenvalue weighted by molar-refractivity contribution is 0.799. The summed E-state index contributed by atoms with van der Waals surface area (Å²) in [5, 5.41) is 0.542. The summed E-state index contributed by atoms with van der Waals surface area (Å²) >= 11 is 0. The molecule has 0 saturated heterocycles. The van der Waals surface area contributed by atoms with Crippen LogP contribution in [0, 0.1) is 0 Å². The standard InChI is InChI=1S/C12H19B4N/c13-11(14)3-1-6-5-7-2-4-12(15,16)9(7)10(17)8(6)11/h5H,1-4,13-17H2. The molecule has 0 saturated carbocycles. The van der Waals surface area contributed by atoms with Crippen molar-refractivity contribution in [2.45, 2.75) is 36.1 Å². The Labute approximate surface area is 108 Å². The minimum absolute atomic E-state index is 0.271. The Balaban J connectivity index is 2.30. The second-order valence-electron chi connectivity index (χ2n) is 7.13. The molecule has 2 N–H and O–H groups in total. The van der Waals surface area contributed by atoms with Crippen LogP contribution in [-0.4, -0.2) is 31.4 Å². The average molecular weight is 221 g/mol. The third kappa shape index (κ3) is 1.44. The maximum absolute atomic E-state index is 6.54. The molecule has 0 fully saturated rings. The first-order valence-corrected chi connectivity index (χ1v) is 6.78. The molecule has 84 valence electrons. The van der Waals surface area contributed by atoms with Crippen molar-refractivity contribution >= 4 is 37.1 Å². The SMILES string of the molecule is BC1(B)CCc2cc3c(c(N)c21)C(B)(B)CC3. The first-order valence-electron chi connectivity index (χ1n) is 6.78. The van der Waals surface area contributed by atoms with E-state index >= 15 is 0 Å². The molecular weight excluding hydrogens is 201 g/mol. The fourth-order valence-electron chi connectivity index (χ4n) is 3.96. The molecule has 2 aliphatic carbocycles. The van der Waals surface area contributed by atoms with E-state index in [2.05, 4.69) is 37.5 Å². The van der Waals surface area contributed by atoms with Gasteiger partial charge in [0.2, 0.25) is 0 Å². The van der Waals surface area contributed by atoms with E-state index in [9.17, 15) is 0 Å². The number of rotatable bonds is 0. The van der Waals surface area contributed by atoms with Gasteiger partial charge >= 0.3 is 0 Å². The van der Waals surface area contributed by atoms with Gasteiger partial charge in [-0.25, -0.2) is 0 Å². The third-order valence-corrected chi connectivity index (χ3v) is 4.92. The number of aryl methyl sites for hydroxylation is 2. The summed E-state index contributed by atoms with van der Waals surface area (Å²) in [7, 11) is 9.35. The number of hydrogen-bond acceptors (Lipinski definition) is 1. The van der Waals surface area contributed by atoms with Crippen molar-refractivity contribution in [3.05, 3.63) is 28.3 Å². The average Bonchev–Trinajstić information content (AvgIpc) is 2.66. The molecule has 0 aliphatic heterocycles. The Morgan fingerprint density at radius 3 is 1.71 bits per heavy atom. The van der Waals surface area contributed by atoms with Crippen molar-refractivity contribution in [2.75, 3.05) is 5.73 Å². The van der Waals surface area contributed by atoms with E-state index < -0.39 is 0 Å². The Kier molecular flexibility index (Phi) is 2.13. The Morgan fingerprint density at radius 2 is 1.29 bits per heavy atom. The summed E-state index contributed by atoms with van der Waals surface area (Å²) in [6, 6.07) is 2.45. The molecular formula is C12H19B4N. The Bertz CT molecular complexity index is 465. The van der Waals surface area contributed by atoms with Crippen LogP contribution in [0.3, 0.4) is 0 Å². The fraction of sp³-hybridized carbons (Fsp3) is 0.500. The maximum Gasteiger partial charge on any atom is 0.105 e. The molecule has 0 bridgehead atoms. The zero-order valence-electron chi connectivity index (χ0n) is 11.5. The fourth-order valence-corrected chi connectivity index (χ4v) is 3.96. The normalized spacial score (nSPS) is 23.3. The van der Waals surface area contributed by atoms with Crippen LogP contribution >= 0.6 is 0 Å². The molecule has 0 amide bonds. The lowest BCUT2D eigenvalue weighted by atomic mass is 9.48. The first-order chi connectivity index (χ1) is 7.83. The number of fused-ring (bicyclic) bond motifs is 2. The Morgan fingerprint density at radius 1 is 0.882 bits per heavy atom.